The molecule has 0 saturated carbocycles. The lowest BCUT2D eigenvalue weighted by Gasteiger charge is -2.20. The van der Waals surface area contributed by atoms with Crippen molar-refractivity contribution in [2.45, 2.75) is 18.1 Å². The Bertz CT molecular complexity index is 346. The van der Waals surface area contributed by atoms with Crippen LogP contribution in [0.5, 0.6) is 0 Å². The van der Waals surface area contributed by atoms with E-state index in [9.17, 15) is 0 Å². The number of nitrogens with one attached hydrogen (secondary N) is 1. The fourth-order valence-electron chi connectivity index (χ4n) is 1.01. The first-order chi connectivity index (χ1) is 7.52. The van der Waals surface area contributed by atoms with E-state index in [1.165, 1.54) is 11.8 Å². The van der Waals surface area contributed by atoms with Crippen molar-refractivity contribution >= 4 is 29.2 Å². The van der Waals surface area contributed by atoms with Crippen LogP contribution in [-0.4, -0.2) is 47.8 Å². The van der Waals surface area contributed by atoms with Gasteiger partial charge in [-0.1, -0.05) is 23.4 Å². The third-order valence-electron chi connectivity index (χ3n) is 2.32. The minimum atomic E-state index is 0.437. The molecular formula is C10H17ClN4S. The molecule has 0 radical (unpaired) electrons. The summed E-state index contributed by atoms with van der Waals surface area (Å²) in [5.41, 5.74) is 0. The van der Waals surface area contributed by atoms with E-state index in [0.717, 1.165) is 12.4 Å². The van der Waals surface area contributed by atoms with E-state index >= 15 is 0 Å². The van der Waals surface area contributed by atoms with Gasteiger partial charge in [0.15, 0.2) is 5.16 Å². The maximum absolute atomic E-state index is 5.89. The summed E-state index contributed by atoms with van der Waals surface area (Å²) < 4.78 is 0. The van der Waals surface area contributed by atoms with Gasteiger partial charge in [-0.15, -0.1) is 0 Å². The van der Waals surface area contributed by atoms with Crippen molar-refractivity contribution < 1.29 is 0 Å². The maximum Gasteiger partial charge on any atom is 0.190 e. The van der Waals surface area contributed by atoms with E-state index in [-0.39, 0.29) is 0 Å². The van der Waals surface area contributed by atoms with Gasteiger partial charge in [-0.25, -0.2) is 9.97 Å². The van der Waals surface area contributed by atoms with E-state index in [4.69, 9.17) is 11.6 Å². The number of hydrogen-bond donors (Lipinski definition) is 1. The molecule has 6 heteroatoms. The zero-order valence-electron chi connectivity index (χ0n) is 9.99. The number of thioether (sulfide) groups is 1. The van der Waals surface area contributed by atoms with Gasteiger partial charge in [0.1, 0.15) is 11.0 Å². The molecule has 1 N–H and O–H groups in total. The molecule has 1 aromatic rings. The average Bonchev–Trinajstić information content (AvgIpc) is 2.24. The molecular weight excluding hydrogens is 244 g/mol. The van der Waals surface area contributed by atoms with Gasteiger partial charge in [-0.2, -0.15) is 0 Å². The van der Waals surface area contributed by atoms with Crippen LogP contribution < -0.4 is 5.32 Å². The molecule has 0 aliphatic heterocycles. The molecule has 0 spiro atoms. The zero-order valence-corrected chi connectivity index (χ0v) is 11.6. The topological polar surface area (TPSA) is 41.1 Å². The molecule has 1 atom stereocenters. The number of likely N-dealkylation sites (N-methyl/N-ethyl adjacent to an activating group) is 1. The molecule has 0 aliphatic carbocycles. The highest BCUT2D eigenvalue weighted by Gasteiger charge is 2.06. The Morgan fingerprint density at radius 2 is 2.19 bits per heavy atom. The lowest BCUT2D eigenvalue weighted by molar-refractivity contribution is 0.326. The number of rotatable bonds is 5. The summed E-state index contributed by atoms with van der Waals surface area (Å²) in [5.74, 6) is 0.776. The summed E-state index contributed by atoms with van der Waals surface area (Å²) in [6, 6.07) is 2.18. The van der Waals surface area contributed by atoms with Gasteiger partial charge < -0.3 is 10.2 Å². The summed E-state index contributed by atoms with van der Waals surface area (Å²) in [6.07, 6.45) is 1.93. The third kappa shape index (κ3) is 4.15. The molecule has 16 heavy (non-hydrogen) atoms. The molecule has 0 amide bonds. The minimum absolute atomic E-state index is 0.437. The Kier molecular flexibility index (Phi) is 5.31. The lowest BCUT2D eigenvalue weighted by Crippen LogP contribution is -2.31. The van der Waals surface area contributed by atoms with Crippen molar-refractivity contribution in [1.82, 2.24) is 14.9 Å². The maximum atomic E-state index is 5.89. The summed E-state index contributed by atoms with van der Waals surface area (Å²) in [6.45, 7) is 2.97. The van der Waals surface area contributed by atoms with E-state index in [1.807, 2.05) is 20.4 Å². The van der Waals surface area contributed by atoms with Crippen LogP contribution in [0.15, 0.2) is 11.2 Å². The van der Waals surface area contributed by atoms with Crippen molar-refractivity contribution in [3.8, 4) is 0 Å². The molecule has 0 bridgehead atoms. The van der Waals surface area contributed by atoms with Crippen LogP contribution in [0.25, 0.3) is 0 Å². The number of nitrogens with zero attached hydrogens (tertiary/aromatic N) is 3. The van der Waals surface area contributed by atoms with E-state index in [1.54, 1.807) is 6.07 Å². The second-order valence-electron chi connectivity index (χ2n) is 3.76. The van der Waals surface area contributed by atoms with Gasteiger partial charge >= 0.3 is 0 Å². The summed E-state index contributed by atoms with van der Waals surface area (Å²) in [5, 5.41) is 4.41. The Morgan fingerprint density at radius 3 is 2.75 bits per heavy atom. The van der Waals surface area contributed by atoms with E-state index in [0.29, 0.717) is 16.4 Å². The molecule has 4 nitrogen and oxygen atoms in total. The Morgan fingerprint density at radius 1 is 1.50 bits per heavy atom. The van der Waals surface area contributed by atoms with Crippen LogP contribution in [0.3, 0.4) is 0 Å². The van der Waals surface area contributed by atoms with Gasteiger partial charge in [0.25, 0.3) is 0 Å². The second-order valence-corrected chi connectivity index (χ2v) is 4.92. The number of hydrogen-bond acceptors (Lipinski definition) is 5. The number of anilines is 1. The Labute approximate surface area is 106 Å². The normalized spacial score (nSPS) is 12.9. The predicted octanol–water partition coefficient (Wildman–Crippen LogP) is 2.21. The molecule has 0 aliphatic rings. The number of aromatic nitrogens is 2. The second kappa shape index (κ2) is 6.27. The SMILES string of the molecule is CSc1nc(Cl)cc(NCC(C)N(C)C)n1. The van der Waals surface area contributed by atoms with Crippen LogP contribution in [0.4, 0.5) is 5.82 Å². The fourth-order valence-corrected chi connectivity index (χ4v) is 1.63. The van der Waals surface area contributed by atoms with Crippen molar-refractivity contribution in [1.29, 1.82) is 0 Å². The molecule has 90 valence electrons. The third-order valence-corrected chi connectivity index (χ3v) is 3.06. The molecule has 0 saturated heterocycles. The summed E-state index contributed by atoms with van der Waals surface area (Å²) in [7, 11) is 4.10. The fraction of sp³-hybridized carbons (Fsp3) is 0.600. The van der Waals surface area contributed by atoms with Gasteiger partial charge in [0, 0.05) is 18.7 Å². The standard InChI is InChI=1S/C10H17ClN4S/c1-7(15(2)3)6-12-9-5-8(11)13-10(14-9)16-4/h5,7H,6H2,1-4H3,(H,12,13,14). The number of halogens is 1. The highest BCUT2D eigenvalue weighted by atomic mass is 35.5. The largest absolute Gasteiger partial charge is 0.368 e. The van der Waals surface area contributed by atoms with Gasteiger partial charge in [-0.3, -0.25) is 0 Å². The van der Waals surface area contributed by atoms with Crippen LogP contribution in [-0.2, 0) is 0 Å². The summed E-state index contributed by atoms with van der Waals surface area (Å²) in [4.78, 5) is 10.5. The zero-order chi connectivity index (χ0) is 12.1. The highest BCUT2D eigenvalue weighted by Crippen LogP contribution is 2.17. The first kappa shape index (κ1) is 13.5. The van der Waals surface area contributed by atoms with Crippen molar-refractivity contribution in [3.63, 3.8) is 0 Å². The van der Waals surface area contributed by atoms with Crippen LogP contribution >= 0.6 is 23.4 Å². The monoisotopic (exact) mass is 260 g/mol. The average molecular weight is 261 g/mol. The molecule has 0 fully saturated rings. The lowest BCUT2D eigenvalue weighted by atomic mass is 10.3. The van der Waals surface area contributed by atoms with Crippen molar-refractivity contribution in [3.05, 3.63) is 11.2 Å². The van der Waals surface area contributed by atoms with Crippen LogP contribution in [0.1, 0.15) is 6.92 Å². The molecule has 1 unspecified atom stereocenters. The van der Waals surface area contributed by atoms with Crippen LogP contribution in [0, 0.1) is 0 Å². The first-order valence-electron chi connectivity index (χ1n) is 5.01. The van der Waals surface area contributed by atoms with Crippen molar-refractivity contribution in [2.24, 2.45) is 0 Å². The quantitative estimate of drug-likeness (QED) is 0.499. The first-order valence-corrected chi connectivity index (χ1v) is 6.62. The van der Waals surface area contributed by atoms with Gasteiger partial charge in [-0.05, 0) is 27.3 Å². The Balaban J connectivity index is 2.63. The highest BCUT2D eigenvalue weighted by molar-refractivity contribution is 7.98. The van der Waals surface area contributed by atoms with E-state index in [2.05, 4.69) is 27.1 Å². The smallest absolute Gasteiger partial charge is 0.190 e. The predicted molar refractivity (Wildman–Crippen MR) is 70.5 cm³/mol. The molecule has 1 aromatic heterocycles. The van der Waals surface area contributed by atoms with Crippen LogP contribution in [0.2, 0.25) is 5.15 Å². The van der Waals surface area contributed by atoms with Gasteiger partial charge in [0.2, 0.25) is 0 Å². The molecule has 1 rings (SSSR count). The summed E-state index contributed by atoms with van der Waals surface area (Å²) >= 11 is 7.37. The van der Waals surface area contributed by atoms with Gasteiger partial charge in [0.05, 0.1) is 0 Å². The van der Waals surface area contributed by atoms with E-state index < -0.39 is 0 Å². The Hall–Kier alpha value is -0.520. The van der Waals surface area contributed by atoms with Crippen molar-refractivity contribution in [2.75, 3.05) is 32.2 Å². The molecule has 0 aromatic carbocycles. The molecule has 1 heterocycles. The minimum Gasteiger partial charge on any atom is -0.368 e.